The maximum atomic E-state index is 11.9. The minimum absolute atomic E-state index is 0.384. The predicted molar refractivity (Wildman–Crippen MR) is 76.1 cm³/mol. The van der Waals surface area contributed by atoms with Crippen LogP contribution in [0.2, 0.25) is 0 Å². The van der Waals surface area contributed by atoms with Gasteiger partial charge in [-0.1, -0.05) is 6.07 Å². The summed E-state index contributed by atoms with van der Waals surface area (Å²) < 4.78 is 10.3. The largest absolute Gasteiger partial charge is 0.497 e. The van der Waals surface area contributed by atoms with Crippen molar-refractivity contribution in [1.29, 1.82) is 0 Å². The smallest absolute Gasteiger partial charge is 0.273 e. The van der Waals surface area contributed by atoms with Crippen LogP contribution in [0.15, 0.2) is 34.7 Å². The van der Waals surface area contributed by atoms with Crippen LogP contribution in [0, 0.1) is 13.8 Å². The Morgan fingerprint density at radius 1 is 1.10 bits per heavy atom. The van der Waals surface area contributed by atoms with Crippen molar-refractivity contribution in [1.82, 2.24) is 10.9 Å². The highest BCUT2D eigenvalue weighted by Crippen LogP contribution is 2.14. The van der Waals surface area contributed by atoms with E-state index in [1.807, 2.05) is 0 Å². The van der Waals surface area contributed by atoms with Gasteiger partial charge in [-0.2, -0.15) is 0 Å². The zero-order chi connectivity index (χ0) is 15.4. The molecule has 2 N–H and O–H groups in total. The first kappa shape index (κ1) is 14.6. The normalized spacial score (nSPS) is 10.0. The van der Waals surface area contributed by atoms with E-state index in [4.69, 9.17) is 9.15 Å². The van der Waals surface area contributed by atoms with E-state index in [1.54, 1.807) is 44.2 Å². The fraction of sp³-hybridized carbons (Fsp3) is 0.200. The molecule has 110 valence electrons. The van der Waals surface area contributed by atoms with E-state index in [0.717, 1.165) is 0 Å². The number of benzene rings is 1. The van der Waals surface area contributed by atoms with E-state index in [2.05, 4.69) is 10.9 Å². The summed E-state index contributed by atoms with van der Waals surface area (Å²) in [5, 5.41) is 0. The number of carbonyl (C=O) groups is 2. The zero-order valence-corrected chi connectivity index (χ0v) is 12.0. The maximum Gasteiger partial charge on any atom is 0.273 e. The van der Waals surface area contributed by atoms with Gasteiger partial charge in [0.1, 0.15) is 17.3 Å². The number of hydrazine groups is 1. The number of nitrogens with one attached hydrogen (secondary N) is 2. The van der Waals surface area contributed by atoms with Crippen molar-refractivity contribution >= 4 is 11.8 Å². The highest BCUT2D eigenvalue weighted by molar-refractivity contribution is 5.99. The minimum atomic E-state index is -0.430. The summed E-state index contributed by atoms with van der Waals surface area (Å²) >= 11 is 0. The molecule has 0 saturated heterocycles. The Labute approximate surface area is 122 Å². The summed E-state index contributed by atoms with van der Waals surface area (Å²) in [5.74, 6) is 0.841. The van der Waals surface area contributed by atoms with E-state index < -0.39 is 11.8 Å². The molecule has 2 amide bonds. The second kappa shape index (κ2) is 6.13. The fourth-order valence-electron chi connectivity index (χ4n) is 1.87. The van der Waals surface area contributed by atoms with Gasteiger partial charge in [0.15, 0.2) is 0 Å². The molecular formula is C15H16N2O4. The van der Waals surface area contributed by atoms with Gasteiger partial charge in [0.2, 0.25) is 0 Å². The van der Waals surface area contributed by atoms with E-state index in [-0.39, 0.29) is 0 Å². The molecule has 2 rings (SSSR count). The number of furan rings is 1. The van der Waals surface area contributed by atoms with Crippen molar-refractivity contribution < 1.29 is 18.7 Å². The standard InChI is InChI=1S/C15H16N2O4/c1-9-7-13(10(2)21-9)15(19)17-16-14(18)11-5-4-6-12(8-11)20-3/h4-8H,1-3H3,(H,16,18)(H,17,19). The van der Waals surface area contributed by atoms with Crippen LogP contribution in [0.3, 0.4) is 0 Å². The number of aryl methyl sites for hydroxylation is 2. The molecular weight excluding hydrogens is 272 g/mol. The van der Waals surface area contributed by atoms with Crippen LogP contribution in [0.1, 0.15) is 32.2 Å². The zero-order valence-electron chi connectivity index (χ0n) is 12.0. The Bertz CT molecular complexity index is 676. The summed E-state index contributed by atoms with van der Waals surface area (Å²) in [6.45, 7) is 3.43. The molecule has 6 heteroatoms. The molecule has 1 aromatic heterocycles. The monoisotopic (exact) mass is 288 g/mol. The van der Waals surface area contributed by atoms with Crippen molar-refractivity contribution in [3.05, 3.63) is 53.0 Å². The molecule has 2 aromatic rings. The molecule has 0 fully saturated rings. The fourth-order valence-corrected chi connectivity index (χ4v) is 1.87. The third-order valence-electron chi connectivity index (χ3n) is 2.91. The summed E-state index contributed by atoms with van der Waals surface area (Å²) in [6.07, 6.45) is 0. The second-order valence-corrected chi connectivity index (χ2v) is 4.47. The Kier molecular flexibility index (Phi) is 4.27. The molecule has 1 heterocycles. The summed E-state index contributed by atoms with van der Waals surface area (Å²) in [7, 11) is 1.52. The molecule has 0 aliphatic carbocycles. The quantitative estimate of drug-likeness (QED) is 0.846. The number of ether oxygens (including phenoxy) is 1. The third-order valence-corrected chi connectivity index (χ3v) is 2.91. The molecule has 0 aliphatic heterocycles. The number of hydrogen-bond acceptors (Lipinski definition) is 4. The number of rotatable bonds is 3. The molecule has 6 nitrogen and oxygen atoms in total. The van der Waals surface area contributed by atoms with Gasteiger partial charge in [0.05, 0.1) is 12.7 Å². The van der Waals surface area contributed by atoms with Crippen LogP contribution in [0.4, 0.5) is 0 Å². The summed E-state index contributed by atoms with van der Waals surface area (Å²) in [4.78, 5) is 23.9. The molecule has 0 radical (unpaired) electrons. The molecule has 0 atom stereocenters. The number of methoxy groups -OCH3 is 1. The van der Waals surface area contributed by atoms with Crippen molar-refractivity contribution in [3.8, 4) is 5.75 Å². The highest BCUT2D eigenvalue weighted by atomic mass is 16.5. The van der Waals surface area contributed by atoms with Gasteiger partial charge in [-0.05, 0) is 38.1 Å². The van der Waals surface area contributed by atoms with Crippen LogP contribution in [0.25, 0.3) is 0 Å². The SMILES string of the molecule is COc1cccc(C(=O)NNC(=O)c2cc(C)oc2C)c1. The van der Waals surface area contributed by atoms with E-state index in [1.165, 1.54) is 7.11 Å². The molecule has 0 unspecified atom stereocenters. The Morgan fingerprint density at radius 3 is 2.43 bits per heavy atom. The summed E-state index contributed by atoms with van der Waals surface area (Å²) in [6, 6.07) is 8.24. The lowest BCUT2D eigenvalue weighted by Crippen LogP contribution is -2.41. The lowest BCUT2D eigenvalue weighted by Gasteiger charge is -2.07. The van der Waals surface area contributed by atoms with Gasteiger partial charge in [-0.25, -0.2) is 0 Å². The number of carbonyl (C=O) groups excluding carboxylic acids is 2. The van der Waals surface area contributed by atoms with Crippen molar-refractivity contribution in [3.63, 3.8) is 0 Å². The molecule has 21 heavy (non-hydrogen) atoms. The first-order chi connectivity index (χ1) is 10.0. The van der Waals surface area contributed by atoms with E-state index >= 15 is 0 Å². The molecule has 0 aliphatic rings. The highest BCUT2D eigenvalue weighted by Gasteiger charge is 2.14. The predicted octanol–water partition coefficient (Wildman–Crippen LogP) is 1.98. The number of amides is 2. The van der Waals surface area contributed by atoms with Crippen LogP contribution in [-0.2, 0) is 0 Å². The first-order valence-electron chi connectivity index (χ1n) is 6.33. The van der Waals surface area contributed by atoms with Crippen LogP contribution in [0.5, 0.6) is 5.75 Å². The van der Waals surface area contributed by atoms with Crippen LogP contribution in [-0.4, -0.2) is 18.9 Å². The Morgan fingerprint density at radius 2 is 1.81 bits per heavy atom. The Balaban J connectivity index is 2.00. The summed E-state index contributed by atoms with van der Waals surface area (Å²) in [5.41, 5.74) is 5.47. The van der Waals surface area contributed by atoms with Crippen LogP contribution < -0.4 is 15.6 Å². The van der Waals surface area contributed by atoms with Crippen LogP contribution >= 0.6 is 0 Å². The van der Waals surface area contributed by atoms with Gasteiger partial charge in [-0.3, -0.25) is 20.4 Å². The van der Waals surface area contributed by atoms with E-state index in [9.17, 15) is 9.59 Å². The number of hydrogen-bond donors (Lipinski definition) is 2. The maximum absolute atomic E-state index is 11.9. The molecule has 0 saturated carbocycles. The average molecular weight is 288 g/mol. The van der Waals surface area contributed by atoms with Gasteiger partial charge in [0, 0.05) is 5.56 Å². The van der Waals surface area contributed by atoms with E-state index in [0.29, 0.717) is 28.4 Å². The molecule has 1 aromatic carbocycles. The lowest BCUT2D eigenvalue weighted by atomic mass is 10.2. The minimum Gasteiger partial charge on any atom is -0.497 e. The molecule has 0 bridgehead atoms. The Hall–Kier alpha value is -2.76. The van der Waals surface area contributed by atoms with Crippen molar-refractivity contribution in [2.45, 2.75) is 13.8 Å². The first-order valence-corrected chi connectivity index (χ1v) is 6.33. The van der Waals surface area contributed by atoms with Gasteiger partial charge < -0.3 is 9.15 Å². The molecule has 0 spiro atoms. The second-order valence-electron chi connectivity index (χ2n) is 4.47. The lowest BCUT2D eigenvalue weighted by molar-refractivity contribution is 0.0845. The van der Waals surface area contributed by atoms with Gasteiger partial charge in [-0.15, -0.1) is 0 Å². The third kappa shape index (κ3) is 3.42. The van der Waals surface area contributed by atoms with Gasteiger partial charge >= 0.3 is 0 Å². The average Bonchev–Trinajstić information content (AvgIpc) is 2.83. The van der Waals surface area contributed by atoms with Gasteiger partial charge in [0.25, 0.3) is 11.8 Å². The van der Waals surface area contributed by atoms with Crippen molar-refractivity contribution in [2.75, 3.05) is 7.11 Å². The topological polar surface area (TPSA) is 80.6 Å². The van der Waals surface area contributed by atoms with Crippen molar-refractivity contribution in [2.24, 2.45) is 0 Å².